The number of anilines is 2. The van der Waals surface area contributed by atoms with Crippen LogP contribution < -0.4 is 4.90 Å². The summed E-state index contributed by atoms with van der Waals surface area (Å²) in [6.07, 6.45) is 0. The number of aryl methyl sites for hydroxylation is 1. The standard InChI is InChI=1S/C29H21ClN2OS/c1-20-7-9-24(10-8-20)28(33)32(26-17-15-25(30)16-18-26)29-31-27(19-34-29)23-13-11-22(12-14-23)21-5-3-2-4-6-21/h2-19H,1H3. The Labute approximate surface area is 207 Å². The van der Waals surface area contributed by atoms with Crippen LogP contribution in [0.15, 0.2) is 109 Å². The summed E-state index contributed by atoms with van der Waals surface area (Å²) in [6, 6.07) is 33.4. The van der Waals surface area contributed by atoms with Crippen LogP contribution in [-0.2, 0) is 0 Å². The van der Waals surface area contributed by atoms with Gasteiger partial charge < -0.3 is 0 Å². The van der Waals surface area contributed by atoms with Crippen molar-refractivity contribution in [2.75, 3.05) is 4.90 Å². The molecule has 0 saturated carbocycles. The Balaban J connectivity index is 1.49. The molecule has 34 heavy (non-hydrogen) atoms. The van der Waals surface area contributed by atoms with Gasteiger partial charge in [0, 0.05) is 21.5 Å². The summed E-state index contributed by atoms with van der Waals surface area (Å²) in [5.74, 6) is -0.136. The summed E-state index contributed by atoms with van der Waals surface area (Å²) in [5, 5.41) is 3.21. The summed E-state index contributed by atoms with van der Waals surface area (Å²) in [4.78, 5) is 20.0. The van der Waals surface area contributed by atoms with E-state index < -0.39 is 0 Å². The minimum absolute atomic E-state index is 0.136. The van der Waals surface area contributed by atoms with Gasteiger partial charge in [-0.3, -0.25) is 9.69 Å². The Bertz CT molecular complexity index is 1410. The van der Waals surface area contributed by atoms with Gasteiger partial charge in [0.05, 0.1) is 11.4 Å². The first kappa shape index (κ1) is 22.1. The Morgan fingerprint density at radius 3 is 2.06 bits per heavy atom. The number of benzene rings is 4. The Morgan fingerprint density at radius 1 is 0.765 bits per heavy atom. The van der Waals surface area contributed by atoms with Crippen molar-refractivity contribution >= 4 is 39.7 Å². The molecule has 0 saturated heterocycles. The number of hydrogen-bond donors (Lipinski definition) is 0. The third-order valence-electron chi connectivity index (χ3n) is 5.56. The van der Waals surface area contributed by atoms with Crippen LogP contribution in [0.25, 0.3) is 22.4 Å². The quantitative estimate of drug-likeness (QED) is 0.253. The first-order valence-corrected chi connectivity index (χ1v) is 12.1. The van der Waals surface area contributed by atoms with E-state index in [1.165, 1.54) is 16.9 Å². The Hall–Kier alpha value is -3.73. The molecule has 1 amide bonds. The molecule has 0 atom stereocenters. The van der Waals surface area contributed by atoms with Crippen LogP contribution in [0.3, 0.4) is 0 Å². The normalized spacial score (nSPS) is 10.8. The molecule has 166 valence electrons. The van der Waals surface area contributed by atoms with Crippen LogP contribution in [0.2, 0.25) is 5.02 Å². The molecule has 0 bridgehead atoms. The maximum Gasteiger partial charge on any atom is 0.264 e. The van der Waals surface area contributed by atoms with Gasteiger partial charge >= 0.3 is 0 Å². The third-order valence-corrected chi connectivity index (χ3v) is 6.64. The van der Waals surface area contributed by atoms with Gasteiger partial charge in [0.15, 0.2) is 5.13 Å². The minimum Gasteiger partial charge on any atom is -0.268 e. The van der Waals surface area contributed by atoms with Crippen molar-refractivity contribution in [3.8, 4) is 22.4 Å². The van der Waals surface area contributed by atoms with Crippen molar-refractivity contribution in [1.82, 2.24) is 4.98 Å². The molecule has 1 heterocycles. The summed E-state index contributed by atoms with van der Waals surface area (Å²) in [7, 11) is 0. The fourth-order valence-corrected chi connectivity index (χ4v) is 4.67. The van der Waals surface area contributed by atoms with Crippen LogP contribution in [0, 0.1) is 6.92 Å². The zero-order valence-corrected chi connectivity index (χ0v) is 20.1. The molecular weight excluding hydrogens is 460 g/mol. The number of nitrogens with zero attached hydrogens (tertiary/aromatic N) is 2. The van der Waals surface area contributed by atoms with Crippen molar-refractivity contribution in [1.29, 1.82) is 0 Å². The number of amides is 1. The van der Waals surface area contributed by atoms with E-state index in [2.05, 4.69) is 36.4 Å². The molecule has 5 rings (SSSR count). The predicted octanol–water partition coefficient (Wildman–Crippen LogP) is 8.42. The second-order valence-corrected chi connectivity index (χ2v) is 9.21. The average molecular weight is 481 g/mol. The number of halogens is 1. The topological polar surface area (TPSA) is 33.2 Å². The lowest BCUT2D eigenvalue weighted by Crippen LogP contribution is -2.25. The number of carbonyl (C=O) groups is 1. The summed E-state index contributed by atoms with van der Waals surface area (Å²) in [5.41, 5.74) is 6.57. The number of hydrogen-bond acceptors (Lipinski definition) is 3. The number of carbonyl (C=O) groups excluding carboxylic acids is 1. The largest absolute Gasteiger partial charge is 0.268 e. The maximum atomic E-state index is 13.5. The van der Waals surface area contributed by atoms with Crippen molar-refractivity contribution < 1.29 is 4.79 Å². The van der Waals surface area contributed by atoms with Gasteiger partial charge in [0.1, 0.15) is 0 Å². The molecule has 0 fully saturated rings. The molecule has 0 aliphatic rings. The number of thiazole rings is 1. The van der Waals surface area contributed by atoms with Gasteiger partial charge in [0.25, 0.3) is 5.91 Å². The van der Waals surface area contributed by atoms with E-state index in [0.717, 1.165) is 28.1 Å². The number of rotatable bonds is 5. The van der Waals surface area contributed by atoms with Crippen molar-refractivity contribution in [2.24, 2.45) is 0 Å². The molecule has 0 aliphatic heterocycles. The number of aromatic nitrogens is 1. The molecule has 5 heteroatoms. The van der Waals surface area contributed by atoms with E-state index in [0.29, 0.717) is 15.7 Å². The van der Waals surface area contributed by atoms with Crippen molar-refractivity contribution in [3.63, 3.8) is 0 Å². The summed E-state index contributed by atoms with van der Waals surface area (Å²) < 4.78 is 0. The van der Waals surface area contributed by atoms with Crippen LogP contribution in [0.4, 0.5) is 10.8 Å². The zero-order valence-electron chi connectivity index (χ0n) is 18.5. The first-order chi connectivity index (χ1) is 16.6. The molecule has 5 aromatic rings. The molecule has 3 nitrogen and oxygen atoms in total. The molecule has 0 spiro atoms. The highest BCUT2D eigenvalue weighted by Crippen LogP contribution is 2.34. The van der Waals surface area contributed by atoms with Gasteiger partial charge in [-0.1, -0.05) is 83.9 Å². The smallest absolute Gasteiger partial charge is 0.264 e. The van der Waals surface area contributed by atoms with Crippen LogP contribution in [0.1, 0.15) is 15.9 Å². The molecule has 1 aromatic heterocycles. The van der Waals surface area contributed by atoms with Crippen LogP contribution in [0.5, 0.6) is 0 Å². The van der Waals surface area contributed by atoms with E-state index in [4.69, 9.17) is 16.6 Å². The highest BCUT2D eigenvalue weighted by Gasteiger charge is 2.23. The first-order valence-electron chi connectivity index (χ1n) is 10.9. The molecule has 0 unspecified atom stereocenters. The average Bonchev–Trinajstić information content (AvgIpc) is 3.36. The van der Waals surface area contributed by atoms with Crippen molar-refractivity contribution in [2.45, 2.75) is 6.92 Å². The molecular formula is C29H21ClN2OS. The highest BCUT2D eigenvalue weighted by atomic mass is 35.5. The lowest BCUT2D eigenvalue weighted by molar-refractivity contribution is 0.0999. The van der Waals surface area contributed by atoms with Crippen LogP contribution in [-0.4, -0.2) is 10.9 Å². The van der Waals surface area contributed by atoms with Gasteiger partial charge in [0.2, 0.25) is 0 Å². The lowest BCUT2D eigenvalue weighted by Gasteiger charge is -2.20. The van der Waals surface area contributed by atoms with Gasteiger partial charge in [-0.05, 0) is 54.4 Å². The predicted molar refractivity (Wildman–Crippen MR) is 142 cm³/mol. The highest BCUT2D eigenvalue weighted by molar-refractivity contribution is 7.14. The Kier molecular flexibility index (Phi) is 6.26. The van der Waals surface area contributed by atoms with E-state index in [1.807, 2.05) is 66.9 Å². The summed E-state index contributed by atoms with van der Waals surface area (Å²) >= 11 is 7.54. The lowest BCUT2D eigenvalue weighted by atomic mass is 10.0. The minimum atomic E-state index is -0.136. The molecule has 0 N–H and O–H groups in total. The maximum absolute atomic E-state index is 13.5. The monoisotopic (exact) mass is 480 g/mol. The second-order valence-electron chi connectivity index (χ2n) is 7.94. The van der Waals surface area contributed by atoms with Gasteiger partial charge in [-0.25, -0.2) is 4.98 Å². The third kappa shape index (κ3) is 4.65. The fourth-order valence-electron chi connectivity index (χ4n) is 3.69. The van der Waals surface area contributed by atoms with Gasteiger partial charge in [-0.2, -0.15) is 0 Å². The van der Waals surface area contributed by atoms with E-state index >= 15 is 0 Å². The SMILES string of the molecule is Cc1ccc(C(=O)N(c2ccc(Cl)cc2)c2nc(-c3ccc(-c4ccccc4)cc3)cs2)cc1. The van der Waals surface area contributed by atoms with E-state index in [1.54, 1.807) is 17.0 Å². The summed E-state index contributed by atoms with van der Waals surface area (Å²) in [6.45, 7) is 2.00. The molecule has 0 aliphatic carbocycles. The zero-order chi connectivity index (χ0) is 23.5. The molecule has 0 radical (unpaired) electrons. The molecule has 4 aromatic carbocycles. The fraction of sp³-hybridized carbons (Fsp3) is 0.0345. The van der Waals surface area contributed by atoms with Gasteiger partial charge in [-0.15, -0.1) is 11.3 Å². The Morgan fingerprint density at radius 2 is 1.38 bits per heavy atom. The van der Waals surface area contributed by atoms with Crippen LogP contribution >= 0.6 is 22.9 Å². The van der Waals surface area contributed by atoms with Crippen molar-refractivity contribution in [3.05, 3.63) is 125 Å². The van der Waals surface area contributed by atoms with E-state index in [-0.39, 0.29) is 5.91 Å². The van der Waals surface area contributed by atoms with E-state index in [9.17, 15) is 4.79 Å². The second kappa shape index (κ2) is 9.64.